The Morgan fingerprint density at radius 3 is 2.46 bits per heavy atom. The fourth-order valence-electron chi connectivity index (χ4n) is 4.15. The first-order valence-corrected chi connectivity index (χ1v) is 12.8. The number of aryl methyl sites for hydroxylation is 1. The minimum atomic E-state index is -4.63. The highest BCUT2D eigenvalue weighted by molar-refractivity contribution is 7.06. The number of hydrogen-bond donors (Lipinski definition) is 1. The first-order chi connectivity index (χ1) is 19.1. The summed E-state index contributed by atoms with van der Waals surface area (Å²) in [5.74, 6) is -5.26. The van der Waals surface area contributed by atoms with Crippen LogP contribution in [0.1, 0.15) is 38.7 Å². The molecule has 1 saturated heterocycles. The van der Waals surface area contributed by atoms with E-state index in [1.54, 1.807) is 6.92 Å². The highest BCUT2D eigenvalue weighted by Gasteiger charge is 2.47. The number of piperidine rings is 1. The molecule has 1 amide bonds. The van der Waals surface area contributed by atoms with Crippen LogP contribution in [0.3, 0.4) is 0 Å². The number of ether oxygens (including phenoxy) is 1. The molecule has 3 aromatic rings. The summed E-state index contributed by atoms with van der Waals surface area (Å²) in [6.07, 6.45) is -6.56. The van der Waals surface area contributed by atoms with Gasteiger partial charge in [0.2, 0.25) is 5.88 Å². The molecule has 0 bridgehead atoms. The van der Waals surface area contributed by atoms with Crippen molar-refractivity contribution in [2.75, 3.05) is 31.6 Å². The number of alkyl halides is 8. The first-order valence-electron chi connectivity index (χ1n) is 12.0. The summed E-state index contributed by atoms with van der Waals surface area (Å²) < 4.78 is 114. The van der Waals surface area contributed by atoms with Crippen molar-refractivity contribution in [3.05, 3.63) is 58.2 Å². The highest BCUT2D eigenvalue weighted by atomic mass is 32.1. The third-order valence-corrected chi connectivity index (χ3v) is 7.09. The van der Waals surface area contributed by atoms with Gasteiger partial charge in [-0.3, -0.25) is 14.7 Å². The Bertz CT molecular complexity index is 1350. The van der Waals surface area contributed by atoms with E-state index in [0.717, 1.165) is 17.7 Å². The van der Waals surface area contributed by atoms with Gasteiger partial charge in [-0.05, 0) is 37.5 Å². The van der Waals surface area contributed by atoms with Gasteiger partial charge in [0, 0.05) is 23.6 Å². The summed E-state index contributed by atoms with van der Waals surface area (Å²) in [4.78, 5) is 25.2. The summed E-state index contributed by atoms with van der Waals surface area (Å²) >= 11 is 0.988. The van der Waals surface area contributed by atoms with E-state index < -0.39 is 55.5 Å². The molecule has 1 N–H and O–H groups in total. The third kappa shape index (κ3) is 8.06. The SMILES string of the molecule is Cc1nsc(Cc2cnc(C(F)(F)F)cn2)c1C(=O)Nc1ccc(OCC2CCN(CC(F)(F)F)CC2(F)F)nc1. The van der Waals surface area contributed by atoms with E-state index in [4.69, 9.17) is 4.74 Å². The number of aromatic nitrogens is 4. The van der Waals surface area contributed by atoms with Crippen molar-refractivity contribution in [3.8, 4) is 5.88 Å². The second kappa shape index (κ2) is 11.8. The molecule has 1 fully saturated rings. The van der Waals surface area contributed by atoms with E-state index in [1.807, 2.05) is 0 Å². The van der Waals surface area contributed by atoms with Crippen molar-refractivity contribution in [1.82, 2.24) is 24.2 Å². The van der Waals surface area contributed by atoms with E-state index in [1.165, 1.54) is 18.3 Å². The number of pyridine rings is 1. The van der Waals surface area contributed by atoms with E-state index in [0.29, 0.717) is 21.7 Å². The summed E-state index contributed by atoms with van der Waals surface area (Å²) in [5.41, 5.74) is -0.109. The zero-order chi connectivity index (χ0) is 30.0. The highest BCUT2D eigenvalue weighted by Crippen LogP contribution is 2.35. The molecule has 0 aliphatic carbocycles. The van der Waals surface area contributed by atoms with E-state index >= 15 is 0 Å². The summed E-state index contributed by atoms with van der Waals surface area (Å²) in [6.45, 7) is -1.45. The Morgan fingerprint density at radius 2 is 1.88 bits per heavy atom. The van der Waals surface area contributed by atoms with Crippen LogP contribution in [0.4, 0.5) is 40.8 Å². The van der Waals surface area contributed by atoms with Crippen molar-refractivity contribution in [1.29, 1.82) is 0 Å². The van der Waals surface area contributed by atoms with Crippen LogP contribution in [0.15, 0.2) is 30.7 Å². The van der Waals surface area contributed by atoms with Crippen LogP contribution in [0.25, 0.3) is 0 Å². The van der Waals surface area contributed by atoms with Gasteiger partial charge in [-0.25, -0.2) is 18.7 Å². The van der Waals surface area contributed by atoms with Crippen LogP contribution in [0, 0.1) is 12.8 Å². The number of likely N-dealkylation sites (tertiary alicyclic amines) is 1. The second-order valence-electron chi connectivity index (χ2n) is 9.36. The summed E-state index contributed by atoms with van der Waals surface area (Å²) in [5, 5.41) is 2.62. The van der Waals surface area contributed by atoms with E-state index in [2.05, 4.69) is 24.6 Å². The summed E-state index contributed by atoms with van der Waals surface area (Å²) in [7, 11) is 0. The Labute approximate surface area is 231 Å². The van der Waals surface area contributed by atoms with Gasteiger partial charge in [0.15, 0.2) is 5.69 Å². The molecule has 0 saturated carbocycles. The standard InChI is InChI=1S/C24H22F8N6O2S/c1-13-20(17(41-37-13)6-16-8-34-18(9-33-16)24(30,31)32)21(39)36-15-2-3-19(35-7-15)40-10-14-4-5-38(11-22(14,25)26)12-23(27,28)29/h2-3,7-9,14H,4-6,10-12H2,1H3,(H,36,39). The lowest BCUT2D eigenvalue weighted by Gasteiger charge is -2.38. The molecule has 4 heterocycles. The maximum atomic E-state index is 14.4. The quantitative estimate of drug-likeness (QED) is 0.342. The van der Waals surface area contributed by atoms with Gasteiger partial charge in [0.25, 0.3) is 11.8 Å². The van der Waals surface area contributed by atoms with Crippen molar-refractivity contribution in [2.24, 2.45) is 5.92 Å². The van der Waals surface area contributed by atoms with Gasteiger partial charge in [0.05, 0.1) is 60.6 Å². The van der Waals surface area contributed by atoms with Gasteiger partial charge in [-0.15, -0.1) is 0 Å². The van der Waals surface area contributed by atoms with Crippen LogP contribution >= 0.6 is 11.5 Å². The van der Waals surface area contributed by atoms with E-state index in [-0.39, 0.29) is 42.2 Å². The topological polar surface area (TPSA) is 93.1 Å². The number of carbonyl (C=O) groups is 1. The number of anilines is 1. The largest absolute Gasteiger partial charge is 0.477 e. The molecule has 0 spiro atoms. The molecule has 17 heteroatoms. The number of hydrogen-bond acceptors (Lipinski definition) is 8. The van der Waals surface area contributed by atoms with Gasteiger partial charge in [0.1, 0.15) is 0 Å². The smallest absolute Gasteiger partial charge is 0.434 e. The number of carbonyl (C=O) groups excluding carboxylic acids is 1. The predicted molar refractivity (Wildman–Crippen MR) is 130 cm³/mol. The number of nitrogens with one attached hydrogen (secondary N) is 1. The van der Waals surface area contributed by atoms with Gasteiger partial charge >= 0.3 is 12.4 Å². The lowest BCUT2D eigenvalue weighted by molar-refractivity contribution is -0.176. The van der Waals surface area contributed by atoms with Gasteiger partial charge in [-0.2, -0.15) is 30.7 Å². The van der Waals surface area contributed by atoms with Crippen LogP contribution in [0.5, 0.6) is 5.88 Å². The van der Waals surface area contributed by atoms with Gasteiger partial charge in [-0.1, -0.05) is 0 Å². The van der Waals surface area contributed by atoms with Crippen molar-refractivity contribution >= 4 is 23.1 Å². The van der Waals surface area contributed by atoms with Crippen LogP contribution in [-0.2, 0) is 12.6 Å². The van der Waals surface area contributed by atoms with Crippen molar-refractivity contribution in [2.45, 2.75) is 38.0 Å². The molecule has 1 unspecified atom stereocenters. The van der Waals surface area contributed by atoms with Crippen LogP contribution in [0.2, 0.25) is 0 Å². The molecule has 0 aromatic carbocycles. The molecule has 1 atom stereocenters. The lowest BCUT2D eigenvalue weighted by Crippen LogP contribution is -2.52. The number of halogens is 8. The molecule has 222 valence electrons. The fraction of sp³-hybridized carbons (Fsp3) is 0.458. The zero-order valence-corrected chi connectivity index (χ0v) is 22.0. The van der Waals surface area contributed by atoms with Crippen LogP contribution < -0.4 is 10.1 Å². The van der Waals surface area contributed by atoms with Crippen molar-refractivity contribution < 1.29 is 44.7 Å². The Balaban J connectivity index is 1.33. The predicted octanol–water partition coefficient (Wildman–Crippen LogP) is 5.40. The molecule has 3 aromatic heterocycles. The minimum absolute atomic E-state index is 0.0180. The van der Waals surface area contributed by atoms with Crippen LogP contribution in [-0.4, -0.2) is 68.5 Å². The molecule has 1 aliphatic rings. The Morgan fingerprint density at radius 1 is 1.12 bits per heavy atom. The minimum Gasteiger partial charge on any atom is -0.477 e. The monoisotopic (exact) mass is 610 g/mol. The molecule has 4 rings (SSSR count). The number of nitrogens with zero attached hydrogens (tertiary/aromatic N) is 5. The number of rotatable bonds is 8. The lowest BCUT2D eigenvalue weighted by atomic mass is 9.93. The molecular formula is C24H22F8N6O2S. The average Bonchev–Trinajstić information content (AvgIpc) is 3.22. The van der Waals surface area contributed by atoms with Crippen molar-refractivity contribution in [3.63, 3.8) is 0 Å². The Hall–Kier alpha value is -3.47. The van der Waals surface area contributed by atoms with E-state index in [9.17, 15) is 39.9 Å². The average molecular weight is 611 g/mol. The summed E-state index contributed by atoms with van der Waals surface area (Å²) in [6, 6.07) is 2.75. The second-order valence-corrected chi connectivity index (χ2v) is 10.2. The normalized spacial score (nSPS) is 17.8. The third-order valence-electron chi connectivity index (χ3n) is 6.15. The maximum Gasteiger partial charge on any atom is 0.434 e. The fourth-order valence-corrected chi connectivity index (χ4v) is 5.04. The molecule has 0 radical (unpaired) electrons. The Kier molecular flexibility index (Phi) is 8.77. The maximum absolute atomic E-state index is 14.4. The number of amides is 1. The molecular weight excluding hydrogens is 588 g/mol. The van der Waals surface area contributed by atoms with Gasteiger partial charge < -0.3 is 10.1 Å². The molecule has 41 heavy (non-hydrogen) atoms. The zero-order valence-electron chi connectivity index (χ0n) is 21.2. The molecule has 8 nitrogen and oxygen atoms in total. The first kappa shape index (κ1) is 30.5. The molecule has 1 aliphatic heterocycles.